The largest absolute Gasteiger partial charge is 0.479 e. The quantitative estimate of drug-likeness (QED) is 0.764. The highest BCUT2D eigenvalue weighted by atomic mass is 32.2. The number of aromatic nitrogens is 2. The lowest BCUT2D eigenvalue weighted by Crippen LogP contribution is -2.55. The van der Waals surface area contributed by atoms with Crippen LogP contribution in [0.5, 0.6) is 0 Å². The minimum Gasteiger partial charge on any atom is -0.479 e. The summed E-state index contributed by atoms with van der Waals surface area (Å²) in [5.74, 6) is -0.668. The van der Waals surface area contributed by atoms with Gasteiger partial charge in [-0.05, 0) is 18.2 Å². The number of benzene rings is 1. The van der Waals surface area contributed by atoms with Crippen molar-refractivity contribution < 1.29 is 14.7 Å². The molecule has 0 spiro atoms. The molecule has 0 bridgehead atoms. The second-order valence-corrected chi connectivity index (χ2v) is 6.20. The Morgan fingerprint density at radius 1 is 1.32 bits per heavy atom. The van der Waals surface area contributed by atoms with Crippen molar-refractivity contribution in [3.63, 3.8) is 0 Å². The molecule has 0 radical (unpaired) electrons. The summed E-state index contributed by atoms with van der Waals surface area (Å²) in [6.45, 7) is 0. The number of amides is 1. The summed E-state index contributed by atoms with van der Waals surface area (Å²) >= 11 is 1.48. The van der Waals surface area contributed by atoms with Crippen molar-refractivity contribution in [1.82, 2.24) is 15.5 Å². The van der Waals surface area contributed by atoms with Crippen molar-refractivity contribution in [3.05, 3.63) is 40.3 Å². The van der Waals surface area contributed by atoms with Gasteiger partial charge in [-0.3, -0.25) is 9.59 Å². The fourth-order valence-electron chi connectivity index (χ4n) is 2.45. The lowest BCUT2D eigenvalue weighted by molar-refractivity contribution is -0.143. The van der Waals surface area contributed by atoms with E-state index in [9.17, 15) is 19.5 Å². The third kappa shape index (κ3) is 2.35. The molecule has 2 heterocycles. The zero-order chi connectivity index (χ0) is 15.7. The highest BCUT2D eigenvalue weighted by molar-refractivity contribution is 7.99. The summed E-state index contributed by atoms with van der Waals surface area (Å²) in [6.07, 6.45) is 0.361. The Balaban J connectivity index is 2.01. The van der Waals surface area contributed by atoms with Crippen LogP contribution >= 0.6 is 11.8 Å². The monoisotopic (exact) mass is 319 g/mol. The van der Waals surface area contributed by atoms with Gasteiger partial charge in [0, 0.05) is 11.1 Å². The molecule has 0 aliphatic carbocycles. The molecule has 1 amide bonds. The molecule has 1 aliphatic rings. The Bertz CT molecular complexity index is 811. The molecule has 1 atom stereocenters. The van der Waals surface area contributed by atoms with E-state index in [2.05, 4.69) is 15.5 Å². The van der Waals surface area contributed by atoms with Crippen LogP contribution in [0.15, 0.2) is 29.1 Å². The van der Waals surface area contributed by atoms with E-state index in [4.69, 9.17) is 0 Å². The van der Waals surface area contributed by atoms with Crippen molar-refractivity contribution in [2.24, 2.45) is 0 Å². The standard InChI is InChI=1S/C14H13N3O4S/c18-11-9-4-2-1-3-8(9)10(16-17-11)12(19)15-14(13(20)21)5-6-22-7-14/h1-4H,5-7H2,(H,15,19)(H,17,18)(H,20,21)/t14-/m0/s1. The number of thioether (sulfide) groups is 1. The number of carboxylic acid groups (broad SMARTS) is 1. The van der Waals surface area contributed by atoms with Crippen LogP contribution < -0.4 is 10.9 Å². The van der Waals surface area contributed by atoms with Gasteiger partial charge in [-0.15, -0.1) is 0 Å². The zero-order valence-corrected chi connectivity index (χ0v) is 12.3. The van der Waals surface area contributed by atoms with Gasteiger partial charge in [0.2, 0.25) is 0 Å². The number of hydrogen-bond acceptors (Lipinski definition) is 5. The number of fused-ring (bicyclic) bond motifs is 1. The number of carbonyl (C=O) groups is 2. The van der Waals surface area contributed by atoms with E-state index in [0.717, 1.165) is 0 Å². The van der Waals surface area contributed by atoms with Crippen LogP contribution in [0.2, 0.25) is 0 Å². The van der Waals surface area contributed by atoms with Gasteiger partial charge in [0.15, 0.2) is 5.69 Å². The van der Waals surface area contributed by atoms with Crippen LogP contribution in [0.1, 0.15) is 16.9 Å². The summed E-state index contributed by atoms with van der Waals surface area (Å²) in [4.78, 5) is 35.7. The minimum atomic E-state index is -1.28. The van der Waals surface area contributed by atoms with Crippen molar-refractivity contribution in [1.29, 1.82) is 0 Å². The zero-order valence-electron chi connectivity index (χ0n) is 11.5. The van der Waals surface area contributed by atoms with Gasteiger partial charge in [0.05, 0.1) is 5.39 Å². The van der Waals surface area contributed by atoms with E-state index < -0.39 is 23.0 Å². The van der Waals surface area contributed by atoms with Gasteiger partial charge in [0.1, 0.15) is 5.54 Å². The maximum absolute atomic E-state index is 12.5. The topological polar surface area (TPSA) is 112 Å². The van der Waals surface area contributed by atoms with Crippen LogP contribution in [0.4, 0.5) is 0 Å². The van der Waals surface area contributed by atoms with E-state index in [1.165, 1.54) is 11.8 Å². The van der Waals surface area contributed by atoms with E-state index in [1.54, 1.807) is 24.3 Å². The fraction of sp³-hybridized carbons (Fsp3) is 0.286. The molecule has 114 valence electrons. The fourth-order valence-corrected chi connectivity index (χ4v) is 3.78. The van der Waals surface area contributed by atoms with Crippen LogP contribution in [0.25, 0.3) is 10.8 Å². The maximum atomic E-state index is 12.5. The summed E-state index contributed by atoms with van der Waals surface area (Å²) in [5.41, 5.74) is -1.65. The molecule has 2 aromatic rings. The lowest BCUT2D eigenvalue weighted by Gasteiger charge is -2.24. The highest BCUT2D eigenvalue weighted by Gasteiger charge is 2.43. The number of nitrogens with one attached hydrogen (secondary N) is 2. The smallest absolute Gasteiger partial charge is 0.330 e. The number of rotatable bonds is 3. The number of hydrogen-bond donors (Lipinski definition) is 3. The third-order valence-corrected chi connectivity index (χ3v) is 4.88. The van der Waals surface area contributed by atoms with Crippen LogP contribution in [-0.2, 0) is 4.79 Å². The van der Waals surface area contributed by atoms with Gasteiger partial charge >= 0.3 is 5.97 Å². The molecule has 1 aromatic heterocycles. The first-order valence-electron chi connectivity index (χ1n) is 6.65. The van der Waals surface area contributed by atoms with E-state index in [-0.39, 0.29) is 5.69 Å². The Morgan fingerprint density at radius 2 is 2.05 bits per heavy atom. The molecular formula is C14H13N3O4S. The van der Waals surface area contributed by atoms with E-state index in [1.807, 2.05) is 0 Å². The van der Waals surface area contributed by atoms with Gasteiger partial charge in [-0.1, -0.05) is 18.2 Å². The Hall–Kier alpha value is -2.35. The minimum absolute atomic E-state index is 0.0210. The predicted octanol–water partition coefficient (Wildman–Crippen LogP) is 0.613. The first-order chi connectivity index (χ1) is 10.5. The van der Waals surface area contributed by atoms with Crippen molar-refractivity contribution >= 4 is 34.4 Å². The summed E-state index contributed by atoms with van der Waals surface area (Å²) in [6, 6.07) is 6.58. The summed E-state index contributed by atoms with van der Waals surface area (Å²) in [5, 5.41) is 18.8. The van der Waals surface area contributed by atoms with Crippen LogP contribution in [0, 0.1) is 0 Å². The molecule has 1 aromatic carbocycles. The number of aromatic amines is 1. The molecule has 1 aliphatic heterocycles. The molecule has 22 heavy (non-hydrogen) atoms. The molecule has 0 unspecified atom stereocenters. The first-order valence-corrected chi connectivity index (χ1v) is 7.80. The molecule has 1 fully saturated rings. The maximum Gasteiger partial charge on any atom is 0.330 e. The number of aliphatic carboxylic acids is 1. The first kappa shape index (κ1) is 14.6. The summed E-state index contributed by atoms with van der Waals surface area (Å²) < 4.78 is 0. The highest BCUT2D eigenvalue weighted by Crippen LogP contribution is 2.28. The predicted molar refractivity (Wildman–Crippen MR) is 82.1 cm³/mol. The number of carboxylic acids is 1. The Kier molecular flexibility index (Phi) is 3.61. The molecule has 1 saturated heterocycles. The molecule has 3 N–H and O–H groups in total. The summed E-state index contributed by atoms with van der Waals surface area (Å²) in [7, 11) is 0. The average molecular weight is 319 g/mol. The third-order valence-electron chi connectivity index (χ3n) is 3.69. The SMILES string of the molecule is O=C(N[C@@]1(C(=O)O)CCSC1)c1n[nH]c(=O)c2ccccc12. The van der Waals surface area contributed by atoms with Crippen molar-refractivity contribution in [3.8, 4) is 0 Å². The number of nitrogens with zero attached hydrogens (tertiary/aromatic N) is 1. The molecule has 7 nitrogen and oxygen atoms in total. The molecular weight excluding hydrogens is 306 g/mol. The Morgan fingerprint density at radius 3 is 2.68 bits per heavy atom. The Labute approximate surface area is 129 Å². The van der Waals surface area contributed by atoms with Gasteiger partial charge < -0.3 is 10.4 Å². The van der Waals surface area contributed by atoms with Crippen molar-refractivity contribution in [2.45, 2.75) is 12.0 Å². The molecule has 3 rings (SSSR count). The van der Waals surface area contributed by atoms with E-state index >= 15 is 0 Å². The van der Waals surface area contributed by atoms with Crippen molar-refractivity contribution in [2.75, 3.05) is 11.5 Å². The van der Waals surface area contributed by atoms with E-state index in [0.29, 0.717) is 28.7 Å². The van der Waals surface area contributed by atoms with Gasteiger partial charge in [-0.2, -0.15) is 16.9 Å². The second kappa shape index (κ2) is 5.45. The van der Waals surface area contributed by atoms with Gasteiger partial charge in [0.25, 0.3) is 11.5 Å². The van der Waals surface area contributed by atoms with Crippen LogP contribution in [0.3, 0.4) is 0 Å². The normalized spacial score (nSPS) is 20.9. The molecule has 8 heteroatoms. The number of H-pyrrole nitrogens is 1. The average Bonchev–Trinajstić information content (AvgIpc) is 2.97. The molecule has 0 saturated carbocycles. The van der Waals surface area contributed by atoms with Gasteiger partial charge in [-0.25, -0.2) is 9.89 Å². The lowest BCUT2D eigenvalue weighted by atomic mass is 9.98. The van der Waals surface area contributed by atoms with Crippen LogP contribution in [-0.4, -0.2) is 44.2 Å². The second-order valence-electron chi connectivity index (χ2n) is 5.09. The number of carbonyl (C=O) groups excluding carboxylic acids is 1.